The first-order valence-electron chi connectivity index (χ1n) is 4.81. The van der Waals surface area contributed by atoms with Gasteiger partial charge in [0.05, 0.1) is 18.6 Å². The molecule has 0 saturated heterocycles. The molecule has 0 bridgehead atoms. The Labute approximate surface area is 101 Å². The standard InChI is InChI=1S/C12H10BrFO2/c13-10-1-2-11(14)9(5-10)6-12(15)8-3-4-16-7-8/h1-5,7,12,15H,6H2. The van der Waals surface area contributed by atoms with Crippen LogP contribution >= 0.6 is 15.9 Å². The van der Waals surface area contributed by atoms with Crippen molar-refractivity contribution >= 4 is 15.9 Å². The van der Waals surface area contributed by atoms with Gasteiger partial charge in [-0.1, -0.05) is 15.9 Å². The monoisotopic (exact) mass is 284 g/mol. The molecule has 1 aromatic carbocycles. The van der Waals surface area contributed by atoms with Crippen LogP contribution in [0.4, 0.5) is 4.39 Å². The summed E-state index contributed by atoms with van der Waals surface area (Å²) in [4.78, 5) is 0. The summed E-state index contributed by atoms with van der Waals surface area (Å²) >= 11 is 3.27. The molecule has 0 aliphatic heterocycles. The zero-order chi connectivity index (χ0) is 11.5. The molecule has 0 aliphatic carbocycles. The summed E-state index contributed by atoms with van der Waals surface area (Å²) in [5.74, 6) is -0.314. The first kappa shape index (κ1) is 11.4. The first-order chi connectivity index (χ1) is 7.66. The van der Waals surface area contributed by atoms with Gasteiger partial charge in [-0.15, -0.1) is 0 Å². The predicted octanol–water partition coefficient (Wildman–Crippen LogP) is 3.46. The van der Waals surface area contributed by atoms with Crippen molar-refractivity contribution in [3.8, 4) is 0 Å². The highest BCUT2D eigenvalue weighted by atomic mass is 79.9. The fourth-order valence-electron chi connectivity index (χ4n) is 1.49. The molecule has 0 fully saturated rings. The molecule has 4 heteroatoms. The van der Waals surface area contributed by atoms with Gasteiger partial charge in [-0.2, -0.15) is 0 Å². The minimum Gasteiger partial charge on any atom is -0.472 e. The maximum Gasteiger partial charge on any atom is 0.126 e. The minimum absolute atomic E-state index is 0.227. The van der Waals surface area contributed by atoms with Crippen LogP contribution in [0.1, 0.15) is 17.2 Å². The largest absolute Gasteiger partial charge is 0.472 e. The fraction of sp³-hybridized carbons (Fsp3) is 0.167. The number of halogens is 2. The first-order valence-corrected chi connectivity index (χ1v) is 5.60. The molecule has 0 aliphatic rings. The summed E-state index contributed by atoms with van der Waals surface area (Å²) in [5, 5.41) is 9.84. The normalized spacial score (nSPS) is 12.7. The van der Waals surface area contributed by atoms with E-state index in [1.807, 2.05) is 0 Å². The van der Waals surface area contributed by atoms with Gasteiger partial charge >= 0.3 is 0 Å². The third kappa shape index (κ3) is 2.51. The Hall–Kier alpha value is -1.13. The molecule has 0 amide bonds. The smallest absolute Gasteiger partial charge is 0.126 e. The van der Waals surface area contributed by atoms with Gasteiger partial charge in [0, 0.05) is 16.5 Å². The van der Waals surface area contributed by atoms with E-state index in [1.54, 1.807) is 18.2 Å². The summed E-state index contributed by atoms with van der Waals surface area (Å²) in [5.41, 5.74) is 1.13. The van der Waals surface area contributed by atoms with E-state index in [0.29, 0.717) is 11.1 Å². The van der Waals surface area contributed by atoms with Gasteiger partial charge < -0.3 is 9.52 Å². The zero-order valence-electron chi connectivity index (χ0n) is 8.36. The second-order valence-electron chi connectivity index (χ2n) is 3.51. The van der Waals surface area contributed by atoms with Crippen LogP contribution in [0.2, 0.25) is 0 Å². The summed E-state index contributed by atoms with van der Waals surface area (Å²) in [6.45, 7) is 0. The third-order valence-electron chi connectivity index (χ3n) is 2.35. The van der Waals surface area contributed by atoms with Crippen molar-refractivity contribution in [1.29, 1.82) is 0 Å². The quantitative estimate of drug-likeness (QED) is 0.937. The van der Waals surface area contributed by atoms with Crippen molar-refractivity contribution in [2.45, 2.75) is 12.5 Å². The van der Waals surface area contributed by atoms with Gasteiger partial charge in [-0.05, 0) is 29.8 Å². The SMILES string of the molecule is OC(Cc1cc(Br)ccc1F)c1ccoc1. The second kappa shape index (κ2) is 4.80. The fourth-order valence-corrected chi connectivity index (χ4v) is 1.90. The lowest BCUT2D eigenvalue weighted by Crippen LogP contribution is -2.02. The molecule has 0 spiro atoms. The summed E-state index contributed by atoms with van der Waals surface area (Å²) < 4.78 is 19.1. The Morgan fingerprint density at radius 3 is 2.88 bits per heavy atom. The molecule has 0 radical (unpaired) electrons. The van der Waals surface area contributed by atoms with Gasteiger partial charge in [0.1, 0.15) is 5.82 Å². The molecule has 2 nitrogen and oxygen atoms in total. The van der Waals surface area contributed by atoms with Crippen LogP contribution < -0.4 is 0 Å². The van der Waals surface area contributed by atoms with Crippen molar-refractivity contribution in [2.75, 3.05) is 0 Å². The van der Waals surface area contributed by atoms with E-state index in [-0.39, 0.29) is 12.2 Å². The van der Waals surface area contributed by atoms with Gasteiger partial charge in [0.15, 0.2) is 0 Å². The summed E-state index contributed by atoms with van der Waals surface area (Å²) in [7, 11) is 0. The predicted molar refractivity (Wildman–Crippen MR) is 61.5 cm³/mol. The minimum atomic E-state index is -0.748. The molecular weight excluding hydrogens is 275 g/mol. The van der Waals surface area contributed by atoms with Crippen molar-refractivity contribution in [3.05, 3.63) is 58.2 Å². The molecule has 1 N–H and O–H groups in total. The number of hydrogen-bond donors (Lipinski definition) is 1. The van der Waals surface area contributed by atoms with Crippen LogP contribution in [0.15, 0.2) is 45.7 Å². The van der Waals surface area contributed by atoms with Gasteiger partial charge in [0.2, 0.25) is 0 Å². The van der Waals surface area contributed by atoms with Crippen LogP contribution in [-0.2, 0) is 6.42 Å². The Kier molecular flexibility index (Phi) is 3.41. The highest BCUT2D eigenvalue weighted by Gasteiger charge is 2.12. The van der Waals surface area contributed by atoms with Crippen LogP contribution in [0.3, 0.4) is 0 Å². The Balaban J connectivity index is 2.17. The average molecular weight is 285 g/mol. The summed E-state index contributed by atoms with van der Waals surface area (Å²) in [6.07, 6.45) is 2.42. The van der Waals surface area contributed by atoms with E-state index in [1.165, 1.54) is 18.6 Å². The maximum absolute atomic E-state index is 13.4. The lowest BCUT2D eigenvalue weighted by atomic mass is 10.0. The lowest BCUT2D eigenvalue weighted by molar-refractivity contribution is 0.176. The van der Waals surface area contributed by atoms with Crippen molar-refractivity contribution in [2.24, 2.45) is 0 Å². The Morgan fingerprint density at radius 2 is 2.19 bits per heavy atom. The average Bonchev–Trinajstić information content (AvgIpc) is 2.76. The van der Waals surface area contributed by atoms with Crippen molar-refractivity contribution < 1.29 is 13.9 Å². The van der Waals surface area contributed by atoms with Crippen molar-refractivity contribution in [1.82, 2.24) is 0 Å². The number of rotatable bonds is 3. The second-order valence-corrected chi connectivity index (χ2v) is 4.43. The van der Waals surface area contributed by atoms with E-state index in [0.717, 1.165) is 4.47 Å². The van der Waals surface area contributed by atoms with E-state index >= 15 is 0 Å². The van der Waals surface area contributed by atoms with Gasteiger partial charge in [-0.25, -0.2) is 4.39 Å². The van der Waals surface area contributed by atoms with Crippen LogP contribution in [0.5, 0.6) is 0 Å². The number of benzene rings is 1. The van der Waals surface area contributed by atoms with Crippen LogP contribution in [0.25, 0.3) is 0 Å². The highest BCUT2D eigenvalue weighted by molar-refractivity contribution is 9.10. The molecule has 1 atom stereocenters. The third-order valence-corrected chi connectivity index (χ3v) is 2.84. The number of aliphatic hydroxyl groups is 1. The number of hydrogen-bond acceptors (Lipinski definition) is 2. The van der Waals surface area contributed by atoms with E-state index < -0.39 is 6.10 Å². The Bertz CT molecular complexity index is 468. The zero-order valence-corrected chi connectivity index (χ0v) is 9.95. The summed E-state index contributed by atoms with van der Waals surface area (Å²) in [6, 6.07) is 6.34. The van der Waals surface area contributed by atoms with E-state index in [2.05, 4.69) is 15.9 Å². The molecule has 1 unspecified atom stereocenters. The molecule has 16 heavy (non-hydrogen) atoms. The van der Waals surface area contributed by atoms with E-state index in [4.69, 9.17) is 4.42 Å². The molecule has 1 heterocycles. The van der Waals surface area contributed by atoms with Gasteiger partial charge in [-0.3, -0.25) is 0 Å². The number of furan rings is 1. The topological polar surface area (TPSA) is 33.4 Å². The molecule has 2 aromatic rings. The molecular formula is C12H10BrFO2. The molecule has 1 aromatic heterocycles. The van der Waals surface area contributed by atoms with Crippen molar-refractivity contribution in [3.63, 3.8) is 0 Å². The maximum atomic E-state index is 13.4. The molecule has 2 rings (SSSR count). The molecule has 0 saturated carbocycles. The van der Waals surface area contributed by atoms with Crippen LogP contribution in [0, 0.1) is 5.82 Å². The van der Waals surface area contributed by atoms with E-state index in [9.17, 15) is 9.50 Å². The highest BCUT2D eigenvalue weighted by Crippen LogP contribution is 2.22. The van der Waals surface area contributed by atoms with Gasteiger partial charge in [0.25, 0.3) is 0 Å². The lowest BCUT2D eigenvalue weighted by Gasteiger charge is -2.09. The molecule has 84 valence electrons. The number of aliphatic hydroxyl groups excluding tert-OH is 1. The van der Waals surface area contributed by atoms with Crippen LogP contribution in [-0.4, -0.2) is 5.11 Å². The Morgan fingerprint density at radius 1 is 1.38 bits per heavy atom.